The van der Waals surface area contributed by atoms with Crippen molar-refractivity contribution in [2.24, 2.45) is 11.7 Å². The fourth-order valence-corrected chi connectivity index (χ4v) is 1.09. The van der Waals surface area contributed by atoms with Gasteiger partial charge in [-0.3, -0.25) is 9.59 Å². The molecule has 0 aliphatic heterocycles. The highest BCUT2D eigenvalue weighted by Gasteiger charge is 2.10. The average Bonchev–Trinajstić information content (AvgIpc) is 1.87. The van der Waals surface area contributed by atoms with Gasteiger partial charge in [0, 0.05) is 12.8 Å². The van der Waals surface area contributed by atoms with Gasteiger partial charge in [-0.05, 0) is 12.3 Å². The standard InChI is InChI=1S/C8H14NO2/c1-2-3-7(4-5-10)6-8(9)11/h7H,2-4,6H2,1H3,(H2,9,11). The molecule has 0 saturated heterocycles. The monoisotopic (exact) mass is 156 g/mol. The molecule has 11 heavy (non-hydrogen) atoms. The van der Waals surface area contributed by atoms with Gasteiger partial charge in [-0.2, -0.15) is 0 Å². The lowest BCUT2D eigenvalue weighted by molar-refractivity contribution is -0.118. The summed E-state index contributed by atoms with van der Waals surface area (Å²) in [5.41, 5.74) is 4.99. The smallest absolute Gasteiger partial charge is 0.217 e. The molecule has 0 aromatic rings. The molecular formula is C8H14NO2. The van der Waals surface area contributed by atoms with Gasteiger partial charge in [0.2, 0.25) is 5.91 Å². The number of nitrogens with two attached hydrogens (primary N) is 1. The van der Waals surface area contributed by atoms with E-state index >= 15 is 0 Å². The van der Waals surface area contributed by atoms with Crippen LogP contribution in [0.25, 0.3) is 0 Å². The molecule has 0 fully saturated rings. The lowest BCUT2D eigenvalue weighted by atomic mass is 9.97. The van der Waals surface area contributed by atoms with Crippen LogP contribution in [-0.4, -0.2) is 12.2 Å². The van der Waals surface area contributed by atoms with Crippen LogP contribution in [-0.2, 0) is 9.59 Å². The van der Waals surface area contributed by atoms with Gasteiger partial charge in [-0.1, -0.05) is 13.3 Å². The maximum Gasteiger partial charge on any atom is 0.217 e. The number of carbonyl (C=O) groups excluding carboxylic acids is 2. The van der Waals surface area contributed by atoms with Gasteiger partial charge in [-0.15, -0.1) is 0 Å². The van der Waals surface area contributed by atoms with Crippen LogP contribution in [0.1, 0.15) is 32.6 Å². The Hall–Kier alpha value is -0.860. The van der Waals surface area contributed by atoms with Gasteiger partial charge in [0.1, 0.15) is 0 Å². The minimum absolute atomic E-state index is 0.106. The quantitative estimate of drug-likeness (QED) is 0.617. The maximum atomic E-state index is 10.5. The zero-order valence-electron chi connectivity index (χ0n) is 6.80. The largest absolute Gasteiger partial charge is 0.370 e. The highest BCUT2D eigenvalue weighted by atomic mass is 16.1. The zero-order chi connectivity index (χ0) is 8.69. The Morgan fingerprint density at radius 2 is 2.27 bits per heavy atom. The molecule has 0 spiro atoms. The first-order valence-electron chi connectivity index (χ1n) is 3.84. The van der Waals surface area contributed by atoms with E-state index in [4.69, 9.17) is 5.73 Å². The lowest BCUT2D eigenvalue weighted by Crippen LogP contribution is -2.16. The Morgan fingerprint density at radius 3 is 2.64 bits per heavy atom. The summed E-state index contributed by atoms with van der Waals surface area (Å²) in [6.45, 7) is 2.01. The summed E-state index contributed by atoms with van der Waals surface area (Å²) in [5, 5.41) is 0. The van der Waals surface area contributed by atoms with Crippen molar-refractivity contribution in [3.63, 3.8) is 0 Å². The number of amides is 1. The Balaban J connectivity index is 3.67. The van der Waals surface area contributed by atoms with Crippen LogP contribution < -0.4 is 5.73 Å². The van der Waals surface area contributed by atoms with Gasteiger partial charge in [0.25, 0.3) is 0 Å². The second kappa shape index (κ2) is 5.89. The third-order valence-corrected chi connectivity index (χ3v) is 1.56. The van der Waals surface area contributed by atoms with Crippen molar-refractivity contribution < 1.29 is 9.59 Å². The summed E-state index contributed by atoms with van der Waals surface area (Å²) in [4.78, 5) is 20.4. The predicted molar refractivity (Wildman–Crippen MR) is 42.5 cm³/mol. The molecule has 0 aromatic heterocycles. The highest BCUT2D eigenvalue weighted by Crippen LogP contribution is 2.13. The number of primary amides is 1. The molecule has 0 aromatic carbocycles. The molecule has 1 radical (unpaired) electrons. The summed E-state index contributed by atoms with van der Waals surface area (Å²) >= 11 is 0. The van der Waals surface area contributed by atoms with E-state index in [0.717, 1.165) is 12.8 Å². The SMILES string of the molecule is CCCC(C[C]=O)CC(N)=O. The molecule has 2 N–H and O–H groups in total. The molecule has 63 valence electrons. The molecule has 3 nitrogen and oxygen atoms in total. The lowest BCUT2D eigenvalue weighted by Gasteiger charge is -2.08. The zero-order valence-corrected chi connectivity index (χ0v) is 6.80. The molecule has 0 saturated carbocycles. The molecule has 1 atom stereocenters. The molecule has 1 amide bonds. The molecule has 1 unspecified atom stereocenters. The van der Waals surface area contributed by atoms with Crippen LogP contribution in [0.3, 0.4) is 0 Å². The van der Waals surface area contributed by atoms with Gasteiger partial charge >= 0.3 is 0 Å². The first kappa shape index (κ1) is 10.1. The summed E-state index contributed by atoms with van der Waals surface area (Å²) in [5.74, 6) is -0.228. The van der Waals surface area contributed by atoms with Crippen molar-refractivity contribution in [2.75, 3.05) is 0 Å². The van der Waals surface area contributed by atoms with Crippen LogP contribution >= 0.6 is 0 Å². The van der Waals surface area contributed by atoms with E-state index in [9.17, 15) is 9.59 Å². The average molecular weight is 156 g/mol. The first-order valence-corrected chi connectivity index (χ1v) is 3.84. The van der Waals surface area contributed by atoms with Crippen molar-refractivity contribution in [3.8, 4) is 0 Å². The topological polar surface area (TPSA) is 60.2 Å². The van der Waals surface area contributed by atoms with Gasteiger partial charge in [0.15, 0.2) is 6.29 Å². The minimum atomic E-state index is -0.335. The minimum Gasteiger partial charge on any atom is -0.370 e. The number of hydrogen-bond acceptors (Lipinski definition) is 2. The molecule has 0 bridgehead atoms. The van der Waals surface area contributed by atoms with Crippen LogP contribution in [0.4, 0.5) is 0 Å². The number of rotatable bonds is 6. The van der Waals surface area contributed by atoms with Crippen LogP contribution in [0.15, 0.2) is 0 Å². The van der Waals surface area contributed by atoms with Gasteiger partial charge in [0.05, 0.1) is 0 Å². The predicted octanol–water partition coefficient (Wildman–Crippen LogP) is 0.778. The third-order valence-electron chi connectivity index (χ3n) is 1.56. The van der Waals surface area contributed by atoms with E-state index in [1.54, 1.807) is 6.29 Å². The summed E-state index contributed by atoms with van der Waals surface area (Å²) in [6, 6.07) is 0. The second-order valence-electron chi connectivity index (χ2n) is 2.67. The second-order valence-corrected chi connectivity index (χ2v) is 2.67. The van der Waals surface area contributed by atoms with Crippen molar-refractivity contribution in [1.82, 2.24) is 0 Å². The normalized spacial score (nSPS) is 12.5. The van der Waals surface area contributed by atoms with E-state index in [1.807, 2.05) is 6.92 Å². The highest BCUT2D eigenvalue weighted by molar-refractivity contribution is 5.74. The van der Waals surface area contributed by atoms with Crippen molar-refractivity contribution in [2.45, 2.75) is 32.6 Å². The summed E-state index contributed by atoms with van der Waals surface area (Å²) in [6.07, 6.45) is 4.28. The third kappa shape index (κ3) is 5.58. The number of hydrogen-bond donors (Lipinski definition) is 1. The van der Waals surface area contributed by atoms with Gasteiger partial charge in [-0.25, -0.2) is 0 Å². The van der Waals surface area contributed by atoms with Crippen molar-refractivity contribution >= 4 is 12.2 Å². The maximum absolute atomic E-state index is 10.5. The Morgan fingerprint density at radius 1 is 1.64 bits per heavy atom. The van der Waals surface area contributed by atoms with Crippen molar-refractivity contribution in [3.05, 3.63) is 0 Å². The van der Waals surface area contributed by atoms with E-state index in [2.05, 4.69) is 0 Å². The van der Waals surface area contributed by atoms with Crippen LogP contribution in [0.5, 0.6) is 0 Å². The first-order chi connectivity index (χ1) is 5.20. The van der Waals surface area contributed by atoms with E-state index in [1.165, 1.54) is 0 Å². The van der Waals surface area contributed by atoms with E-state index in [-0.39, 0.29) is 11.8 Å². The summed E-state index contributed by atoms with van der Waals surface area (Å²) in [7, 11) is 0. The van der Waals surface area contributed by atoms with E-state index < -0.39 is 0 Å². The van der Waals surface area contributed by atoms with Crippen LogP contribution in [0, 0.1) is 5.92 Å². The summed E-state index contributed by atoms with van der Waals surface area (Å²) < 4.78 is 0. The van der Waals surface area contributed by atoms with Crippen LogP contribution in [0.2, 0.25) is 0 Å². The fraction of sp³-hybridized carbons (Fsp3) is 0.750. The molecule has 0 rings (SSSR count). The molecule has 0 heterocycles. The Bertz CT molecular complexity index is 134. The Labute approximate surface area is 67.0 Å². The Kier molecular flexibility index (Phi) is 5.43. The fourth-order valence-electron chi connectivity index (χ4n) is 1.09. The molecular weight excluding hydrogens is 142 g/mol. The van der Waals surface area contributed by atoms with Crippen molar-refractivity contribution in [1.29, 1.82) is 0 Å². The molecule has 0 aliphatic carbocycles. The molecule has 0 aliphatic rings. The van der Waals surface area contributed by atoms with Gasteiger partial charge < -0.3 is 5.73 Å². The number of carbonyl (C=O) groups is 1. The molecule has 3 heteroatoms. The van der Waals surface area contributed by atoms with E-state index in [0.29, 0.717) is 12.8 Å².